The molecule has 0 radical (unpaired) electrons. The second-order valence-corrected chi connectivity index (χ2v) is 5.73. The summed E-state index contributed by atoms with van der Waals surface area (Å²) in [6.45, 7) is 4.70. The van der Waals surface area contributed by atoms with Crippen LogP contribution in [0.25, 0.3) is 10.9 Å². The fraction of sp³-hybridized carbons (Fsp3) is 0.200. The number of halogens is 1. The molecule has 0 aliphatic rings. The van der Waals surface area contributed by atoms with Gasteiger partial charge in [-0.2, -0.15) is 5.10 Å². The van der Waals surface area contributed by atoms with Crippen LogP contribution in [-0.2, 0) is 6.54 Å². The lowest BCUT2D eigenvalue weighted by Crippen LogP contribution is -2.04. The molecule has 2 heterocycles. The number of nitrogens with two attached hydrogens (primary N) is 1. The lowest BCUT2D eigenvalue weighted by molar-refractivity contribution is 0.661. The number of fused-ring (bicyclic) bond motifs is 1. The van der Waals surface area contributed by atoms with Crippen molar-refractivity contribution in [2.45, 2.75) is 20.4 Å². The van der Waals surface area contributed by atoms with Crippen LogP contribution >= 0.6 is 15.9 Å². The molecule has 21 heavy (non-hydrogen) atoms. The van der Waals surface area contributed by atoms with Gasteiger partial charge in [-0.25, -0.2) is 4.68 Å². The zero-order chi connectivity index (χ0) is 15.0. The van der Waals surface area contributed by atoms with Crippen LogP contribution in [0.5, 0.6) is 0 Å². The molecule has 6 heteroatoms. The molecule has 3 aromatic rings. The Hall–Kier alpha value is -2.08. The molecule has 0 saturated carbocycles. The van der Waals surface area contributed by atoms with E-state index in [-0.39, 0.29) is 0 Å². The topological polar surface area (TPSA) is 68.8 Å². The minimum absolute atomic E-state index is 0.672. The first-order chi connectivity index (χ1) is 10.1. The lowest BCUT2D eigenvalue weighted by Gasteiger charge is -2.11. The zero-order valence-electron chi connectivity index (χ0n) is 11.9. The summed E-state index contributed by atoms with van der Waals surface area (Å²) in [6, 6.07) is 8.06. The van der Waals surface area contributed by atoms with Crippen molar-refractivity contribution in [3.8, 4) is 0 Å². The van der Waals surface area contributed by atoms with Crippen LogP contribution < -0.4 is 11.1 Å². The van der Waals surface area contributed by atoms with Crippen molar-refractivity contribution in [2.75, 3.05) is 11.1 Å². The Labute approximate surface area is 131 Å². The highest BCUT2D eigenvalue weighted by molar-refractivity contribution is 9.10. The van der Waals surface area contributed by atoms with E-state index in [4.69, 9.17) is 5.73 Å². The van der Waals surface area contributed by atoms with Crippen molar-refractivity contribution >= 4 is 44.0 Å². The Morgan fingerprint density at radius 2 is 2.19 bits per heavy atom. The quantitative estimate of drug-likeness (QED) is 0.756. The molecule has 108 valence electrons. The van der Waals surface area contributed by atoms with Gasteiger partial charge in [0.1, 0.15) is 0 Å². The maximum atomic E-state index is 6.12. The van der Waals surface area contributed by atoms with Gasteiger partial charge in [-0.05, 0) is 41.9 Å². The van der Waals surface area contributed by atoms with E-state index in [1.165, 1.54) is 0 Å². The van der Waals surface area contributed by atoms with Gasteiger partial charge in [-0.15, -0.1) is 0 Å². The molecule has 0 aliphatic carbocycles. The van der Waals surface area contributed by atoms with Crippen molar-refractivity contribution in [1.29, 1.82) is 0 Å². The van der Waals surface area contributed by atoms with Crippen molar-refractivity contribution in [3.05, 3.63) is 40.6 Å². The van der Waals surface area contributed by atoms with Gasteiger partial charge in [0.05, 0.1) is 22.6 Å². The summed E-state index contributed by atoms with van der Waals surface area (Å²) < 4.78 is 2.82. The van der Waals surface area contributed by atoms with Crippen LogP contribution in [0.15, 0.2) is 34.9 Å². The fourth-order valence-corrected chi connectivity index (χ4v) is 2.67. The van der Waals surface area contributed by atoms with Crippen LogP contribution in [0.1, 0.15) is 12.6 Å². The maximum absolute atomic E-state index is 6.12. The molecule has 0 aliphatic heterocycles. The van der Waals surface area contributed by atoms with Crippen molar-refractivity contribution in [3.63, 3.8) is 0 Å². The van der Waals surface area contributed by atoms with Gasteiger partial charge in [0.25, 0.3) is 0 Å². The van der Waals surface area contributed by atoms with Crippen LogP contribution in [0.2, 0.25) is 0 Å². The Morgan fingerprint density at radius 3 is 2.95 bits per heavy atom. The molecule has 0 unspecified atom stereocenters. The van der Waals surface area contributed by atoms with Gasteiger partial charge in [0.2, 0.25) is 0 Å². The number of nitrogens with one attached hydrogen (secondary N) is 1. The van der Waals surface area contributed by atoms with Gasteiger partial charge < -0.3 is 11.1 Å². The average molecular weight is 346 g/mol. The Kier molecular flexibility index (Phi) is 3.55. The number of pyridine rings is 1. The number of para-hydroxylation sites is 1. The lowest BCUT2D eigenvalue weighted by atomic mass is 10.2. The molecule has 0 bridgehead atoms. The monoisotopic (exact) mass is 345 g/mol. The van der Waals surface area contributed by atoms with Crippen molar-refractivity contribution < 1.29 is 0 Å². The second kappa shape index (κ2) is 5.37. The largest absolute Gasteiger partial charge is 0.394 e. The van der Waals surface area contributed by atoms with E-state index >= 15 is 0 Å². The molecular weight excluding hydrogens is 330 g/mol. The van der Waals surface area contributed by atoms with Crippen LogP contribution in [-0.4, -0.2) is 14.8 Å². The van der Waals surface area contributed by atoms with Crippen LogP contribution in [0.4, 0.5) is 17.2 Å². The first kappa shape index (κ1) is 13.9. The molecule has 0 spiro atoms. The number of anilines is 3. The maximum Gasteiger partial charge on any atom is 0.152 e. The average Bonchev–Trinajstić information content (AvgIpc) is 2.75. The standard InChI is InChI=1S/C15H16BrN5/c1-3-21-15(13(17)9(2)20-21)19-12-6-4-5-10-7-11(16)8-18-14(10)12/h4-8,19H,3,17H2,1-2H3. The summed E-state index contributed by atoms with van der Waals surface area (Å²) in [5.74, 6) is 0.812. The molecule has 0 atom stereocenters. The fourth-order valence-electron chi connectivity index (χ4n) is 2.32. The Morgan fingerprint density at radius 1 is 1.38 bits per heavy atom. The van der Waals surface area contributed by atoms with E-state index < -0.39 is 0 Å². The molecule has 3 rings (SSSR count). The third-order valence-corrected chi connectivity index (χ3v) is 3.84. The molecule has 5 nitrogen and oxygen atoms in total. The smallest absolute Gasteiger partial charge is 0.152 e. The second-order valence-electron chi connectivity index (χ2n) is 4.82. The number of aryl methyl sites for hydroxylation is 2. The first-order valence-electron chi connectivity index (χ1n) is 6.74. The minimum Gasteiger partial charge on any atom is -0.394 e. The summed E-state index contributed by atoms with van der Waals surface area (Å²) >= 11 is 3.44. The number of rotatable bonds is 3. The number of nitrogen functional groups attached to an aromatic ring is 1. The summed E-state index contributed by atoms with van der Waals surface area (Å²) in [6.07, 6.45) is 1.79. The molecule has 0 fully saturated rings. The van der Waals surface area contributed by atoms with Gasteiger partial charge in [0.15, 0.2) is 5.82 Å². The van der Waals surface area contributed by atoms with E-state index in [0.29, 0.717) is 5.69 Å². The van der Waals surface area contributed by atoms with Crippen LogP contribution in [0.3, 0.4) is 0 Å². The summed E-state index contributed by atoms with van der Waals surface area (Å²) in [5, 5.41) is 8.86. The van der Waals surface area contributed by atoms with Gasteiger partial charge in [-0.3, -0.25) is 4.98 Å². The van der Waals surface area contributed by atoms with Crippen LogP contribution in [0, 0.1) is 6.92 Å². The third-order valence-electron chi connectivity index (χ3n) is 3.40. The summed E-state index contributed by atoms with van der Waals surface area (Å²) in [7, 11) is 0. The molecule has 3 N–H and O–H groups in total. The minimum atomic E-state index is 0.672. The Bertz CT molecular complexity index is 809. The first-order valence-corrected chi connectivity index (χ1v) is 7.53. The van der Waals surface area contributed by atoms with Crippen molar-refractivity contribution in [2.24, 2.45) is 0 Å². The highest BCUT2D eigenvalue weighted by Gasteiger charge is 2.13. The van der Waals surface area contributed by atoms with E-state index in [9.17, 15) is 0 Å². The zero-order valence-corrected chi connectivity index (χ0v) is 13.5. The number of aromatic nitrogens is 3. The molecule has 0 saturated heterocycles. The normalized spacial score (nSPS) is 11.0. The van der Waals surface area contributed by atoms with E-state index in [0.717, 1.165) is 39.1 Å². The third kappa shape index (κ3) is 2.47. The van der Waals surface area contributed by atoms with Gasteiger partial charge in [-0.1, -0.05) is 12.1 Å². The predicted octanol–water partition coefficient (Wildman–Crippen LogP) is 3.85. The number of hydrogen-bond donors (Lipinski definition) is 2. The predicted molar refractivity (Wildman–Crippen MR) is 89.8 cm³/mol. The summed E-state index contributed by atoms with van der Waals surface area (Å²) in [5.41, 5.74) is 9.44. The van der Waals surface area contributed by atoms with Gasteiger partial charge in [0, 0.05) is 22.6 Å². The summed E-state index contributed by atoms with van der Waals surface area (Å²) in [4.78, 5) is 4.49. The highest BCUT2D eigenvalue weighted by Crippen LogP contribution is 2.30. The number of nitrogens with zero attached hydrogens (tertiary/aromatic N) is 3. The molecular formula is C15H16BrN5. The van der Waals surface area contributed by atoms with Crippen molar-refractivity contribution in [1.82, 2.24) is 14.8 Å². The number of benzene rings is 1. The van der Waals surface area contributed by atoms with E-state index in [1.54, 1.807) is 6.20 Å². The SMILES string of the molecule is CCn1nc(C)c(N)c1Nc1cccc2cc(Br)cnc12. The highest BCUT2D eigenvalue weighted by atomic mass is 79.9. The van der Waals surface area contributed by atoms with E-state index in [1.807, 2.05) is 42.8 Å². The molecule has 1 aromatic carbocycles. The molecule has 2 aromatic heterocycles. The van der Waals surface area contributed by atoms with E-state index in [2.05, 4.69) is 31.3 Å². The Balaban J connectivity index is 2.10. The number of hydrogen-bond acceptors (Lipinski definition) is 4. The molecule has 0 amide bonds. The van der Waals surface area contributed by atoms with Gasteiger partial charge >= 0.3 is 0 Å².